The van der Waals surface area contributed by atoms with Crippen LogP contribution in [0.1, 0.15) is 27.7 Å². The largest absolute Gasteiger partial charge is 0.480 e. The molecule has 0 amide bonds. The van der Waals surface area contributed by atoms with E-state index in [2.05, 4.69) is 0 Å². The van der Waals surface area contributed by atoms with Crippen LogP contribution >= 0.6 is 0 Å². The summed E-state index contributed by atoms with van der Waals surface area (Å²) >= 11 is 0. The highest BCUT2D eigenvalue weighted by atomic mass is 16.6. The average Bonchev–Trinajstić information content (AvgIpc) is 1.81. The van der Waals surface area contributed by atoms with E-state index in [4.69, 9.17) is 14.6 Å². The molecule has 1 N–H and O–H groups in total. The van der Waals surface area contributed by atoms with E-state index in [9.17, 15) is 4.79 Å². The minimum absolute atomic E-state index is 0.0839. The average molecular weight is 190 g/mol. The van der Waals surface area contributed by atoms with Gasteiger partial charge in [-0.05, 0) is 27.7 Å². The summed E-state index contributed by atoms with van der Waals surface area (Å²) in [6, 6.07) is 0. The molecule has 1 atom stereocenters. The molecule has 78 valence electrons. The molecule has 0 aliphatic rings. The van der Waals surface area contributed by atoms with Crippen LogP contribution in [-0.2, 0) is 14.3 Å². The summed E-state index contributed by atoms with van der Waals surface area (Å²) in [6.07, 6.45) is -0.0839. The van der Waals surface area contributed by atoms with Gasteiger partial charge in [0.15, 0.2) is 0 Å². The lowest BCUT2D eigenvalue weighted by Crippen LogP contribution is -2.29. The second-order valence-electron chi connectivity index (χ2n) is 3.95. The predicted octanol–water partition coefficient (Wildman–Crippen LogP) is 1.29. The fourth-order valence-corrected chi connectivity index (χ4v) is 0.950. The van der Waals surface area contributed by atoms with Crippen molar-refractivity contribution in [2.45, 2.75) is 39.4 Å². The lowest BCUT2D eigenvalue weighted by atomic mass is 10.2. The van der Waals surface area contributed by atoms with E-state index in [0.717, 1.165) is 0 Å². The van der Waals surface area contributed by atoms with E-state index in [1.165, 1.54) is 0 Å². The molecule has 13 heavy (non-hydrogen) atoms. The quantitative estimate of drug-likeness (QED) is 0.709. The molecular weight excluding hydrogens is 172 g/mol. The number of rotatable bonds is 5. The summed E-state index contributed by atoms with van der Waals surface area (Å²) in [7, 11) is 0. The lowest BCUT2D eigenvalue weighted by molar-refractivity contribution is -0.145. The van der Waals surface area contributed by atoms with Crippen molar-refractivity contribution >= 4 is 5.97 Å². The Hall–Kier alpha value is -0.610. The van der Waals surface area contributed by atoms with E-state index in [0.29, 0.717) is 6.61 Å². The van der Waals surface area contributed by atoms with Gasteiger partial charge in [0.05, 0.1) is 18.3 Å². The van der Waals surface area contributed by atoms with Gasteiger partial charge in [0.25, 0.3) is 0 Å². The summed E-state index contributed by atoms with van der Waals surface area (Å²) in [4.78, 5) is 10.1. The van der Waals surface area contributed by atoms with Gasteiger partial charge >= 0.3 is 5.97 Å². The van der Waals surface area contributed by atoms with Crippen molar-refractivity contribution in [1.82, 2.24) is 0 Å². The summed E-state index contributed by atoms with van der Waals surface area (Å²) in [5, 5.41) is 8.29. The SMILES string of the molecule is CC(COCC(=O)O)OC(C)(C)C. The number of carboxylic acid groups (broad SMARTS) is 1. The molecule has 1 unspecified atom stereocenters. The zero-order valence-corrected chi connectivity index (χ0v) is 8.66. The van der Waals surface area contributed by atoms with E-state index in [1.54, 1.807) is 0 Å². The molecule has 4 nitrogen and oxygen atoms in total. The number of hydrogen-bond acceptors (Lipinski definition) is 3. The maximum atomic E-state index is 10.1. The fourth-order valence-electron chi connectivity index (χ4n) is 0.950. The van der Waals surface area contributed by atoms with Crippen LogP contribution in [0.4, 0.5) is 0 Å². The van der Waals surface area contributed by atoms with Gasteiger partial charge in [0.2, 0.25) is 0 Å². The van der Waals surface area contributed by atoms with Crippen LogP contribution in [0.2, 0.25) is 0 Å². The zero-order chi connectivity index (χ0) is 10.5. The van der Waals surface area contributed by atoms with Crippen molar-refractivity contribution in [3.8, 4) is 0 Å². The summed E-state index contributed by atoms with van der Waals surface area (Å²) in [6.45, 7) is 7.73. The lowest BCUT2D eigenvalue weighted by Gasteiger charge is -2.24. The van der Waals surface area contributed by atoms with Crippen LogP contribution in [-0.4, -0.2) is 36.0 Å². The van der Waals surface area contributed by atoms with Crippen molar-refractivity contribution in [2.75, 3.05) is 13.2 Å². The molecule has 4 heteroatoms. The maximum Gasteiger partial charge on any atom is 0.329 e. The maximum absolute atomic E-state index is 10.1. The second-order valence-corrected chi connectivity index (χ2v) is 3.95. The summed E-state index contributed by atoms with van der Waals surface area (Å²) in [5.41, 5.74) is -0.216. The van der Waals surface area contributed by atoms with Gasteiger partial charge in [-0.3, -0.25) is 0 Å². The molecule has 0 spiro atoms. The number of carboxylic acids is 1. The Bertz CT molecular complexity index is 159. The van der Waals surface area contributed by atoms with Crippen molar-refractivity contribution < 1.29 is 19.4 Å². The molecule has 0 aromatic heterocycles. The standard InChI is InChI=1S/C9H18O4/c1-7(13-9(2,3)4)5-12-6-8(10)11/h7H,5-6H2,1-4H3,(H,10,11). The third kappa shape index (κ3) is 9.30. The topological polar surface area (TPSA) is 55.8 Å². The minimum Gasteiger partial charge on any atom is -0.480 e. The molecule has 0 rings (SSSR count). The first kappa shape index (κ1) is 12.4. The summed E-state index contributed by atoms with van der Waals surface area (Å²) in [5.74, 6) is -0.956. The van der Waals surface area contributed by atoms with Gasteiger partial charge in [0.1, 0.15) is 6.61 Å². The van der Waals surface area contributed by atoms with Gasteiger partial charge in [0, 0.05) is 0 Å². The number of ether oxygens (including phenoxy) is 2. The number of hydrogen-bond donors (Lipinski definition) is 1. The van der Waals surface area contributed by atoms with Gasteiger partial charge in [-0.1, -0.05) is 0 Å². The molecule has 0 bridgehead atoms. The third-order valence-electron chi connectivity index (χ3n) is 1.13. The molecule has 0 aliphatic carbocycles. The smallest absolute Gasteiger partial charge is 0.329 e. The highest BCUT2D eigenvalue weighted by Crippen LogP contribution is 2.10. The van der Waals surface area contributed by atoms with Gasteiger partial charge in [-0.2, -0.15) is 0 Å². The Morgan fingerprint density at radius 3 is 2.38 bits per heavy atom. The number of carbonyl (C=O) groups is 1. The molecule has 0 fully saturated rings. The molecule has 0 aromatic carbocycles. The van der Waals surface area contributed by atoms with Crippen LogP contribution in [0.5, 0.6) is 0 Å². The van der Waals surface area contributed by atoms with Crippen LogP contribution in [0.15, 0.2) is 0 Å². The van der Waals surface area contributed by atoms with Crippen LogP contribution < -0.4 is 0 Å². The Balaban J connectivity index is 3.52. The van der Waals surface area contributed by atoms with Crippen molar-refractivity contribution in [1.29, 1.82) is 0 Å². The Kier molecular flexibility index (Phi) is 4.95. The first-order valence-corrected chi connectivity index (χ1v) is 4.28. The summed E-state index contributed by atoms with van der Waals surface area (Å²) < 4.78 is 10.4. The molecular formula is C9H18O4. The third-order valence-corrected chi connectivity index (χ3v) is 1.13. The van der Waals surface area contributed by atoms with E-state index in [-0.39, 0.29) is 18.3 Å². The molecule has 0 saturated carbocycles. The van der Waals surface area contributed by atoms with Crippen LogP contribution in [0, 0.1) is 0 Å². The highest BCUT2D eigenvalue weighted by molar-refractivity contribution is 5.67. The van der Waals surface area contributed by atoms with Crippen molar-refractivity contribution in [3.05, 3.63) is 0 Å². The molecule has 0 saturated heterocycles. The Morgan fingerprint density at radius 1 is 1.46 bits per heavy atom. The zero-order valence-electron chi connectivity index (χ0n) is 8.66. The van der Waals surface area contributed by atoms with Crippen LogP contribution in [0.3, 0.4) is 0 Å². The van der Waals surface area contributed by atoms with Crippen molar-refractivity contribution in [3.63, 3.8) is 0 Å². The van der Waals surface area contributed by atoms with E-state index >= 15 is 0 Å². The van der Waals surface area contributed by atoms with Gasteiger partial charge in [-0.15, -0.1) is 0 Å². The first-order chi connectivity index (χ1) is 5.81. The molecule has 0 heterocycles. The van der Waals surface area contributed by atoms with Gasteiger partial charge in [-0.25, -0.2) is 4.79 Å². The molecule has 0 radical (unpaired) electrons. The van der Waals surface area contributed by atoms with Gasteiger partial charge < -0.3 is 14.6 Å². The Labute approximate surface area is 78.8 Å². The molecule has 0 aliphatic heterocycles. The minimum atomic E-state index is -0.956. The fraction of sp³-hybridized carbons (Fsp3) is 0.889. The Morgan fingerprint density at radius 2 is 2.00 bits per heavy atom. The van der Waals surface area contributed by atoms with E-state index < -0.39 is 5.97 Å². The van der Waals surface area contributed by atoms with E-state index in [1.807, 2.05) is 27.7 Å². The normalized spacial score (nSPS) is 14.2. The predicted molar refractivity (Wildman–Crippen MR) is 48.8 cm³/mol. The highest BCUT2D eigenvalue weighted by Gasteiger charge is 2.15. The monoisotopic (exact) mass is 190 g/mol. The second kappa shape index (κ2) is 5.19. The number of aliphatic carboxylic acids is 1. The first-order valence-electron chi connectivity index (χ1n) is 4.28. The van der Waals surface area contributed by atoms with Crippen molar-refractivity contribution in [2.24, 2.45) is 0 Å². The molecule has 0 aromatic rings. The van der Waals surface area contributed by atoms with Crippen LogP contribution in [0.25, 0.3) is 0 Å².